The SMILES string of the molecule is Nc1ccc2c(=O)c3ccccc3sc2n1. The molecular formula is C12H8N2OS. The molecule has 3 nitrogen and oxygen atoms in total. The molecule has 0 radical (unpaired) electrons. The Kier molecular flexibility index (Phi) is 1.91. The van der Waals surface area contributed by atoms with E-state index in [0.29, 0.717) is 16.0 Å². The van der Waals surface area contributed by atoms with E-state index >= 15 is 0 Å². The first-order valence-electron chi connectivity index (χ1n) is 4.84. The number of pyridine rings is 1. The van der Waals surface area contributed by atoms with Crippen LogP contribution in [0, 0.1) is 0 Å². The normalized spacial score (nSPS) is 11.0. The zero-order chi connectivity index (χ0) is 11.1. The van der Waals surface area contributed by atoms with Crippen molar-refractivity contribution in [1.29, 1.82) is 0 Å². The largest absolute Gasteiger partial charge is 0.384 e. The summed E-state index contributed by atoms with van der Waals surface area (Å²) in [7, 11) is 0. The summed E-state index contributed by atoms with van der Waals surface area (Å²) in [5.41, 5.74) is 5.64. The van der Waals surface area contributed by atoms with Crippen LogP contribution < -0.4 is 11.2 Å². The third kappa shape index (κ3) is 1.27. The Morgan fingerprint density at radius 2 is 1.88 bits per heavy atom. The van der Waals surface area contributed by atoms with Gasteiger partial charge >= 0.3 is 0 Å². The summed E-state index contributed by atoms with van der Waals surface area (Å²) in [6.45, 7) is 0. The number of aromatic nitrogens is 1. The monoisotopic (exact) mass is 228 g/mol. The fourth-order valence-electron chi connectivity index (χ4n) is 1.70. The first-order valence-corrected chi connectivity index (χ1v) is 5.65. The van der Waals surface area contributed by atoms with Crippen LogP contribution in [0.1, 0.15) is 0 Å². The molecule has 3 rings (SSSR count). The van der Waals surface area contributed by atoms with Gasteiger partial charge in [0, 0.05) is 10.1 Å². The second-order valence-corrected chi connectivity index (χ2v) is 4.55. The van der Waals surface area contributed by atoms with E-state index in [2.05, 4.69) is 4.98 Å². The molecule has 0 aliphatic rings. The smallest absolute Gasteiger partial charge is 0.197 e. The number of fused-ring (bicyclic) bond motifs is 2. The van der Waals surface area contributed by atoms with Crippen LogP contribution in [-0.2, 0) is 0 Å². The fraction of sp³-hybridized carbons (Fsp3) is 0. The van der Waals surface area contributed by atoms with Gasteiger partial charge in [0.05, 0.1) is 5.39 Å². The minimum absolute atomic E-state index is 0.0249. The Bertz CT molecular complexity index is 749. The van der Waals surface area contributed by atoms with Crippen LogP contribution in [0.5, 0.6) is 0 Å². The maximum absolute atomic E-state index is 12.1. The molecule has 4 heteroatoms. The summed E-state index contributed by atoms with van der Waals surface area (Å²) >= 11 is 1.49. The highest BCUT2D eigenvalue weighted by Gasteiger charge is 2.06. The molecule has 2 heterocycles. The highest BCUT2D eigenvalue weighted by Crippen LogP contribution is 2.23. The van der Waals surface area contributed by atoms with Crippen LogP contribution in [0.3, 0.4) is 0 Å². The molecule has 16 heavy (non-hydrogen) atoms. The molecule has 0 saturated carbocycles. The fourth-order valence-corrected chi connectivity index (χ4v) is 2.75. The number of hydrogen-bond acceptors (Lipinski definition) is 4. The van der Waals surface area contributed by atoms with Gasteiger partial charge in [-0.15, -0.1) is 11.3 Å². The van der Waals surface area contributed by atoms with Crippen molar-refractivity contribution in [3.05, 3.63) is 46.6 Å². The van der Waals surface area contributed by atoms with E-state index in [9.17, 15) is 4.79 Å². The quantitative estimate of drug-likeness (QED) is 0.601. The maximum Gasteiger partial charge on any atom is 0.197 e. The van der Waals surface area contributed by atoms with Crippen molar-refractivity contribution in [3.8, 4) is 0 Å². The average molecular weight is 228 g/mol. The summed E-state index contributed by atoms with van der Waals surface area (Å²) in [6.07, 6.45) is 0. The number of hydrogen-bond donors (Lipinski definition) is 1. The number of anilines is 1. The third-order valence-electron chi connectivity index (χ3n) is 2.46. The molecule has 0 spiro atoms. The van der Waals surface area contributed by atoms with E-state index in [4.69, 9.17) is 5.73 Å². The van der Waals surface area contributed by atoms with E-state index in [-0.39, 0.29) is 5.43 Å². The average Bonchev–Trinajstić information content (AvgIpc) is 2.29. The third-order valence-corrected chi connectivity index (χ3v) is 3.55. The van der Waals surface area contributed by atoms with Crippen LogP contribution in [-0.4, -0.2) is 4.98 Å². The molecule has 0 unspecified atom stereocenters. The topological polar surface area (TPSA) is 56.0 Å². The Morgan fingerprint density at radius 3 is 2.75 bits per heavy atom. The summed E-state index contributed by atoms with van der Waals surface area (Å²) < 4.78 is 0.943. The summed E-state index contributed by atoms with van der Waals surface area (Å²) in [5, 5.41) is 1.38. The van der Waals surface area contributed by atoms with Gasteiger partial charge < -0.3 is 5.73 Å². The number of benzene rings is 1. The van der Waals surface area contributed by atoms with Crippen molar-refractivity contribution < 1.29 is 0 Å². The van der Waals surface area contributed by atoms with E-state index in [1.54, 1.807) is 12.1 Å². The van der Waals surface area contributed by atoms with Crippen molar-refractivity contribution in [3.63, 3.8) is 0 Å². The van der Waals surface area contributed by atoms with Crippen molar-refractivity contribution in [2.75, 3.05) is 5.73 Å². The predicted octanol–water partition coefficient (Wildman–Crippen LogP) is 2.39. The predicted molar refractivity (Wildman–Crippen MR) is 67.8 cm³/mol. The summed E-state index contributed by atoms with van der Waals surface area (Å²) in [5.74, 6) is 0.443. The van der Waals surface area contributed by atoms with Crippen LogP contribution in [0.4, 0.5) is 5.82 Å². The molecule has 2 N–H and O–H groups in total. The summed E-state index contributed by atoms with van der Waals surface area (Å²) in [4.78, 5) is 17.0. The zero-order valence-corrected chi connectivity index (χ0v) is 9.12. The lowest BCUT2D eigenvalue weighted by atomic mass is 10.2. The molecular weight excluding hydrogens is 220 g/mol. The summed E-state index contributed by atoms with van der Waals surface area (Å²) in [6, 6.07) is 10.9. The Balaban J connectivity index is 2.61. The van der Waals surface area contributed by atoms with Gasteiger partial charge in [0.15, 0.2) is 5.43 Å². The van der Waals surface area contributed by atoms with Gasteiger partial charge in [0.1, 0.15) is 10.6 Å². The molecule has 0 aliphatic heterocycles. The molecule has 0 bridgehead atoms. The molecule has 3 aromatic rings. The molecule has 1 aromatic carbocycles. The first-order chi connectivity index (χ1) is 7.75. The van der Waals surface area contributed by atoms with Crippen LogP contribution in [0.25, 0.3) is 20.3 Å². The highest BCUT2D eigenvalue weighted by molar-refractivity contribution is 7.24. The zero-order valence-electron chi connectivity index (χ0n) is 8.31. The lowest BCUT2D eigenvalue weighted by molar-refractivity contribution is 1.44. The molecule has 0 atom stereocenters. The van der Waals surface area contributed by atoms with E-state index in [1.807, 2.05) is 24.3 Å². The molecule has 2 aromatic heterocycles. The minimum Gasteiger partial charge on any atom is -0.384 e. The Labute approximate surface area is 95.2 Å². The maximum atomic E-state index is 12.1. The van der Waals surface area contributed by atoms with Gasteiger partial charge in [-0.3, -0.25) is 4.79 Å². The molecule has 0 fully saturated rings. The Hall–Kier alpha value is -1.94. The lowest BCUT2D eigenvalue weighted by Crippen LogP contribution is -2.02. The number of nitrogen functional groups attached to an aromatic ring is 1. The van der Waals surface area contributed by atoms with Gasteiger partial charge in [-0.05, 0) is 24.3 Å². The molecule has 0 amide bonds. The number of nitrogens with zero attached hydrogens (tertiary/aromatic N) is 1. The first kappa shape index (κ1) is 9.30. The van der Waals surface area contributed by atoms with Crippen LogP contribution >= 0.6 is 11.3 Å². The molecule has 0 saturated heterocycles. The standard InChI is InChI=1S/C12H8N2OS/c13-10-6-5-8-11(15)7-3-1-2-4-9(7)16-12(8)14-10/h1-6H,(H2,13,14). The van der Waals surface area contributed by atoms with E-state index in [1.165, 1.54) is 11.3 Å². The van der Waals surface area contributed by atoms with E-state index < -0.39 is 0 Å². The lowest BCUT2D eigenvalue weighted by Gasteiger charge is -2.00. The second-order valence-electron chi connectivity index (χ2n) is 3.52. The van der Waals surface area contributed by atoms with E-state index in [0.717, 1.165) is 10.1 Å². The van der Waals surface area contributed by atoms with Crippen molar-refractivity contribution in [2.24, 2.45) is 0 Å². The van der Waals surface area contributed by atoms with Crippen LogP contribution in [0.15, 0.2) is 41.2 Å². The number of nitrogens with two attached hydrogens (primary N) is 1. The minimum atomic E-state index is 0.0249. The van der Waals surface area contributed by atoms with Gasteiger partial charge in [-0.25, -0.2) is 4.98 Å². The Morgan fingerprint density at radius 1 is 1.06 bits per heavy atom. The van der Waals surface area contributed by atoms with Gasteiger partial charge in [-0.2, -0.15) is 0 Å². The number of rotatable bonds is 0. The van der Waals surface area contributed by atoms with Gasteiger partial charge in [0.25, 0.3) is 0 Å². The van der Waals surface area contributed by atoms with Crippen molar-refractivity contribution >= 4 is 37.5 Å². The van der Waals surface area contributed by atoms with Crippen molar-refractivity contribution in [1.82, 2.24) is 4.98 Å². The second kappa shape index (κ2) is 3.28. The van der Waals surface area contributed by atoms with Crippen LogP contribution in [0.2, 0.25) is 0 Å². The van der Waals surface area contributed by atoms with Crippen molar-refractivity contribution in [2.45, 2.75) is 0 Å². The van der Waals surface area contributed by atoms with Gasteiger partial charge in [-0.1, -0.05) is 12.1 Å². The molecule has 78 valence electrons. The molecule has 0 aliphatic carbocycles. The van der Waals surface area contributed by atoms with Gasteiger partial charge in [0.2, 0.25) is 0 Å². The highest BCUT2D eigenvalue weighted by atomic mass is 32.1.